The average Bonchev–Trinajstić information content (AvgIpc) is 3.49. The number of imidazole rings is 2. The van der Waals surface area contributed by atoms with Crippen LogP contribution >= 0.6 is 27.7 Å². The molecule has 0 bridgehead atoms. The topological polar surface area (TPSA) is 320 Å². The molecule has 45 heavy (non-hydrogen) atoms. The SMILES string of the molecule is Nc1nc2c(ncn2[C@@H]2O[C@H](CO[P+](=O)O)[C@@H](O)[C@H]2OP(=O)(O)OC2[C@H]3O[C@@H](n4cnc5c(N)ncnc54)[C@@H](Cl)[C@@]23O)c(=O)[nH]1. The number of aliphatic hydroxyl groups is 2. The van der Waals surface area contributed by atoms with Gasteiger partial charge in [-0.25, -0.2) is 24.5 Å². The molecule has 3 aliphatic rings. The first-order valence-electron chi connectivity index (χ1n) is 12.8. The highest BCUT2D eigenvalue weighted by atomic mass is 35.5. The molecular formula is C20H22ClN10O12P2+. The summed E-state index contributed by atoms with van der Waals surface area (Å²) in [5, 5.41) is 21.0. The van der Waals surface area contributed by atoms with Gasteiger partial charge in [-0.15, -0.1) is 21.0 Å². The van der Waals surface area contributed by atoms with Crippen LogP contribution in [0.1, 0.15) is 12.5 Å². The molecule has 22 nitrogen and oxygen atoms in total. The Balaban J connectivity index is 1.12. The second kappa shape index (κ2) is 10.7. The van der Waals surface area contributed by atoms with Crippen molar-refractivity contribution in [2.75, 3.05) is 18.1 Å². The van der Waals surface area contributed by atoms with E-state index in [-0.39, 0.29) is 34.1 Å². The Morgan fingerprint density at radius 3 is 2.51 bits per heavy atom. The number of hydrogen-bond acceptors (Lipinski definition) is 17. The summed E-state index contributed by atoms with van der Waals surface area (Å²) in [6.45, 7) is -0.643. The number of hydrogen-bond donors (Lipinski definition) is 7. The third kappa shape index (κ3) is 4.90. The van der Waals surface area contributed by atoms with E-state index >= 15 is 0 Å². The number of aromatic nitrogens is 8. The molecule has 11 atom stereocenters. The fourth-order valence-electron chi connectivity index (χ4n) is 5.46. The number of alkyl halides is 1. The molecule has 0 aromatic carbocycles. The number of nitrogens with two attached hydrogens (primary N) is 2. The summed E-state index contributed by atoms with van der Waals surface area (Å²) in [5.41, 5.74) is 9.03. The molecule has 0 amide bonds. The summed E-state index contributed by atoms with van der Waals surface area (Å²) in [7, 11) is -8.29. The predicted molar refractivity (Wildman–Crippen MR) is 146 cm³/mol. The summed E-state index contributed by atoms with van der Waals surface area (Å²) in [6.07, 6.45) is -6.45. The van der Waals surface area contributed by atoms with Gasteiger partial charge in [0.15, 0.2) is 35.1 Å². The Labute approximate surface area is 254 Å². The van der Waals surface area contributed by atoms with Crippen LogP contribution in [0.15, 0.2) is 23.8 Å². The zero-order valence-electron chi connectivity index (χ0n) is 22.2. The highest BCUT2D eigenvalue weighted by Crippen LogP contribution is 2.63. The zero-order valence-corrected chi connectivity index (χ0v) is 24.7. The highest BCUT2D eigenvalue weighted by molar-refractivity contribution is 7.47. The summed E-state index contributed by atoms with van der Waals surface area (Å²) in [6, 6.07) is 0. The number of H-pyrrole nitrogens is 1. The van der Waals surface area contributed by atoms with Crippen molar-refractivity contribution in [2.24, 2.45) is 0 Å². The molecule has 6 heterocycles. The highest BCUT2D eigenvalue weighted by Gasteiger charge is 2.79. The normalized spacial score (nSPS) is 34.3. The maximum Gasteiger partial charge on any atom is 0.694 e. The summed E-state index contributed by atoms with van der Waals surface area (Å²) in [5.74, 6) is -0.183. The maximum atomic E-state index is 13.3. The third-order valence-corrected chi connectivity index (χ3v) is 9.54. The Kier molecular flexibility index (Phi) is 7.20. The molecule has 3 unspecified atom stereocenters. The molecule has 7 rings (SSSR count). The van der Waals surface area contributed by atoms with E-state index < -0.39 is 82.2 Å². The number of aliphatic hydroxyl groups excluding tert-OH is 1. The van der Waals surface area contributed by atoms with Gasteiger partial charge in [0.1, 0.15) is 59.9 Å². The number of nitrogen functional groups attached to an aromatic ring is 2. The smallest absolute Gasteiger partial charge is 0.387 e. The maximum absolute atomic E-state index is 13.3. The standard InChI is InChI=1S/C20H21ClN10O12P2/c21-10-18(30-3-26-6-13(22)24-2-25-14(6)30)41-11-12(20(10,11)34)43-45(37,38)42-9-8(32)5(1-39-44(35)36)40-17(9)31-4-27-7-15(31)28-19(23)29-16(7)33/h2-5,8-12,17-18,32,34H,1H2,(H6-,22,23,24,25,28,29,33,35,36,37,38)/p+1/t5-,8-,9-,10-,11-,12?,17-,18-,20+/m1/s1. The largest absolute Gasteiger partial charge is 0.694 e. The minimum Gasteiger partial charge on any atom is -0.387 e. The molecular weight excluding hydrogens is 670 g/mol. The molecule has 1 aliphatic carbocycles. The number of aromatic amines is 1. The van der Waals surface area contributed by atoms with Crippen molar-refractivity contribution in [1.29, 1.82) is 0 Å². The predicted octanol–water partition coefficient (Wildman–Crippen LogP) is -1.83. The molecule has 4 aromatic heterocycles. The number of ether oxygens (including phenoxy) is 2. The minimum absolute atomic E-state index is 0.108. The third-order valence-electron chi connectivity index (χ3n) is 7.61. The lowest BCUT2D eigenvalue weighted by Crippen LogP contribution is -2.36. The first-order chi connectivity index (χ1) is 21.3. The van der Waals surface area contributed by atoms with Crippen molar-refractivity contribution in [2.45, 2.75) is 54.0 Å². The number of phosphoric ester groups is 1. The summed E-state index contributed by atoms with van der Waals surface area (Å²) >= 11 is 6.55. The Morgan fingerprint density at radius 1 is 1.11 bits per heavy atom. The first-order valence-corrected chi connectivity index (χ1v) is 15.9. The lowest BCUT2D eigenvalue weighted by atomic mass is 10.1. The van der Waals surface area contributed by atoms with Crippen LogP contribution in [0.25, 0.3) is 22.3 Å². The average molecular weight is 692 g/mol. The van der Waals surface area contributed by atoms with Crippen LogP contribution < -0.4 is 17.0 Å². The number of fused-ring (bicyclic) bond motifs is 3. The number of nitrogens with zero attached hydrogens (tertiary/aromatic N) is 7. The molecule has 2 aliphatic heterocycles. The van der Waals surface area contributed by atoms with Crippen molar-refractivity contribution in [1.82, 2.24) is 39.0 Å². The fraction of sp³-hybridized carbons (Fsp3) is 0.500. The van der Waals surface area contributed by atoms with Crippen LogP contribution in [0, 0.1) is 0 Å². The Bertz CT molecular complexity index is 1940. The molecule has 0 radical (unpaired) electrons. The fourth-order valence-corrected chi connectivity index (χ4v) is 7.31. The lowest BCUT2D eigenvalue weighted by molar-refractivity contribution is -0.0517. The molecule has 2 saturated heterocycles. The van der Waals surface area contributed by atoms with Gasteiger partial charge in [-0.2, -0.15) is 4.98 Å². The van der Waals surface area contributed by atoms with Gasteiger partial charge in [0, 0.05) is 4.57 Å². The Morgan fingerprint density at radius 2 is 1.82 bits per heavy atom. The molecule has 3 fully saturated rings. The lowest BCUT2D eigenvalue weighted by Gasteiger charge is -2.26. The number of nitrogens with one attached hydrogen (secondary N) is 1. The number of halogens is 1. The number of rotatable bonds is 9. The van der Waals surface area contributed by atoms with E-state index in [9.17, 15) is 29.0 Å². The van der Waals surface area contributed by atoms with E-state index in [0.29, 0.717) is 0 Å². The van der Waals surface area contributed by atoms with Crippen LogP contribution in [0.5, 0.6) is 0 Å². The van der Waals surface area contributed by atoms with E-state index in [2.05, 4.69) is 34.4 Å². The van der Waals surface area contributed by atoms with Gasteiger partial charge in [-0.3, -0.25) is 28.0 Å². The van der Waals surface area contributed by atoms with Gasteiger partial charge in [0.25, 0.3) is 5.56 Å². The van der Waals surface area contributed by atoms with Crippen LogP contribution in [-0.4, -0.2) is 107 Å². The van der Waals surface area contributed by atoms with Crippen molar-refractivity contribution < 1.29 is 52.2 Å². The van der Waals surface area contributed by atoms with Crippen molar-refractivity contribution in [3.8, 4) is 0 Å². The van der Waals surface area contributed by atoms with E-state index in [1.807, 2.05) is 0 Å². The second-order valence-electron chi connectivity index (χ2n) is 10.2. The van der Waals surface area contributed by atoms with Crippen LogP contribution in [0.3, 0.4) is 0 Å². The molecule has 9 N–H and O–H groups in total. The second-order valence-corrected chi connectivity index (χ2v) is 12.8. The van der Waals surface area contributed by atoms with Crippen LogP contribution in [-0.2, 0) is 32.2 Å². The van der Waals surface area contributed by atoms with E-state index in [1.54, 1.807) is 0 Å². The van der Waals surface area contributed by atoms with E-state index in [4.69, 9.17) is 46.5 Å². The van der Waals surface area contributed by atoms with Gasteiger partial charge in [0.05, 0.1) is 12.7 Å². The Hall–Kier alpha value is -3.24. The zero-order chi connectivity index (χ0) is 32.0. The van der Waals surface area contributed by atoms with E-state index in [1.165, 1.54) is 17.2 Å². The van der Waals surface area contributed by atoms with Gasteiger partial charge >= 0.3 is 16.1 Å². The van der Waals surface area contributed by atoms with Gasteiger partial charge in [0.2, 0.25) is 5.95 Å². The first kappa shape index (κ1) is 30.4. The van der Waals surface area contributed by atoms with Gasteiger partial charge in [-0.05, 0) is 0 Å². The van der Waals surface area contributed by atoms with Gasteiger partial charge < -0.3 is 36.0 Å². The number of anilines is 2. The summed E-state index contributed by atoms with van der Waals surface area (Å²) in [4.78, 5) is 54.4. The summed E-state index contributed by atoms with van der Waals surface area (Å²) < 4.78 is 53.7. The van der Waals surface area contributed by atoms with Crippen molar-refractivity contribution in [3.63, 3.8) is 0 Å². The monoisotopic (exact) mass is 691 g/mol. The van der Waals surface area contributed by atoms with Gasteiger partial charge in [-0.1, -0.05) is 0 Å². The van der Waals surface area contributed by atoms with Crippen molar-refractivity contribution in [3.05, 3.63) is 29.3 Å². The van der Waals surface area contributed by atoms with E-state index in [0.717, 1.165) is 10.9 Å². The molecule has 240 valence electrons. The number of phosphoric acid groups is 1. The molecule has 4 aromatic rings. The van der Waals surface area contributed by atoms with Crippen LogP contribution in [0.2, 0.25) is 0 Å². The molecule has 25 heteroatoms. The quantitative estimate of drug-likeness (QED) is 0.0749. The molecule has 0 spiro atoms. The van der Waals surface area contributed by atoms with Crippen molar-refractivity contribution >= 4 is 61.8 Å². The molecule has 1 saturated carbocycles. The minimum atomic E-state index is -5.19. The van der Waals surface area contributed by atoms with Crippen LogP contribution in [0.4, 0.5) is 11.8 Å².